The third-order valence-corrected chi connectivity index (χ3v) is 8.13. The zero-order valence-electron chi connectivity index (χ0n) is 16.3. The second kappa shape index (κ2) is 9.17. The number of quaternary nitrogens is 1. The molecule has 8 heteroatoms. The number of carbonyl (C=O) groups is 1. The second-order valence-electron chi connectivity index (χ2n) is 7.22. The Hall–Kier alpha value is -1.74. The van der Waals surface area contributed by atoms with Crippen LogP contribution in [0.25, 0.3) is 0 Å². The fourth-order valence-corrected chi connectivity index (χ4v) is 5.56. The molecule has 1 fully saturated rings. The molecule has 28 heavy (non-hydrogen) atoms. The summed E-state index contributed by atoms with van der Waals surface area (Å²) in [6, 6.07) is 10.8. The highest BCUT2D eigenvalue weighted by Gasteiger charge is 2.34. The first-order valence-electron chi connectivity index (χ1n) is 9.59. The summed E-state index contributed by atoms with van der Waals surface area (Å²) in [6.07, 6.45) is 0.841. The number of hydrogen-bond donors (Lipinski definition) is 2. The van der Waals surface area contributed by atoms with Crippen LogP contribution < -0.4 is 10.2 Å². The normalized spacial score (nSPS) is 17.4. The Morgan fingerprint density at radius 1 is 1.21 bits per heavy atom. The Morgan fingerprint density at radius 2 is 1.89 bits per heavy atom. The smallest absolute Gasteiger partial charge is 0.278 e. The van der Waals surface area contributed by atoms with Crippen molar-refractivity contribution in [3.8, 4) is 0 Å². The maximum atomic E-state index is 12.8. The lowest BCUT2D eigenvalue weighted by Gasteiger charge is -2.34. The van der Waals surface area contributed by atoms with Crippen molar-refractivity contribution < 1.29 is 18.1 Å². The SMILES string of the molecule is Cc1ccc(S(=O)(=O)N2CC[NH+]([C@@H](C)C(=O)NCCc3cccs3)CC2)cc1. The molecule has 0 spiro atoms. The molecular weight excluding hydrogens is 394 g/mol. The summed E-state index contributed by atoms with van der Waals surface area (Å²) >= 11 is 1.69. The van der Waals surface area contributed by atoms with Crippen LogP contribution in [0.15, 0.2) is 46.7 Å². The first-order valence-corrected chi connectivity index (χ1v) is 11.9. The zero-order chi connectivity index (χ0) is 20.1. The Labute approximate surface area is 171 Å². The number of nitrogens with zero attached hydrogens (tertiary/aromatic N) is 1. The predicted octanol–water partition coefficient (Wildman–Crippen LogP) is 0.693. The number of rotatable bonds is 7. The Bertz CT molecular complexity index is 872. The Morgan fingerprint density at radius 3 is 2.50 bits per heavy atom. The standard InChI is InChI=1S/C20H27N3O3S2/c1-16-5-7-19(8-6-16)28(25,26)23-13-11-22(12-14-23)17(2)20(24)21-10-9-18-4-3-15-27-18/h3-8,15,17H,9-14H2,1-2H3,(H,21,24)/p+1/t17-/m0/s1. The monoisotopic (exact) mass is 422 g/mol. The van der Waals surface area contributed by atoms with Crippen molar-refractivity contribution in [1.82, 2.24) is 9.62 Å². The molecular formula is C20H28N3O3S2+. The highest BCUT2D eigenvalue weighted by molar-refractivity contribution is 7.89. The van der Waals surface area contributed by atoms with E-state index in [0.29, 0.717) is 37.6 Å². The van der Waals surface area contributed by atoms with Crippen LogP contribution in [0.2, 0.25) is 0 Å². The second-order valence-corrected chi connectivity index (χ2v) is 10.2. The zero-order valence-corrected chi connectivity index (χ0v) is 18.0. The minimum atomic E-state index is -3.47. The van der Waals surface area contributed by atoms with Crippen LogP contribution >= 0.6 is 11.3 Å². The van der Waals surface area contributed by atoms with Crippen LogP contribution in [-0.2, 0) is 21.2 Å². The van der Waals surface area contributed by atoms with Crippen molar-refractivity contribution in [3.05, 3.63) is 52.2 Å². The minimum absolute atomic E-state index is 0.0291. The van der Waals surface area contributed by atoms with E-state index in [4.69, 9.17) is 0 Å². The minimum Gasteiger partial charge on any atom is -0.351 e. The molecule has 1 saturated heterocycles. The van der Waals surface area contributed by atoms with Crippen LogP contribution in [0, 0.1) is 6.92 Å². The van der Waals surface area contributed by atoms with E-state index in [2.05, 4.69) is 11.4 Å². The highest BCUT2D eigenvalue weighted by Crippen LogP contribution is 2.16. The molecule has 152 valence electrons. The summed E-state index contributed by atoms with van der Waals surface area (Å²) < 4.78 is 27.1. The van der Waals surface area contributed by atoms with Gasteiger partial charge in [-0.15, -0.1) is 11.3 Å². The molecule has 1 aromatic carbocycles. The van der Waals surface area contributed by atoms with Gasteiger partial charge in [-0.3, -0.25) is 4.79 Å². The molecule has 3 rings (SSSR count). The molecule has 0 unspecified atom stereocenters. The molecule has 1 amide bonds. The molecule has 0 bridgehead atoms. The van der Waals surface area contributed by atoms with Crippen molar-refractivity contribution in [2.45, 2.75) is 31.2 Å². The molecule has 0 saturated carbocycles. The molecule has 1 aliphatic heterocycles. The maximum Gasteiger partial charge on any atom is 0.278 e. The van der Waals surface area contributed by atoms with Gasteiger partial charge in [0.1, 0.15) is 0 Å². The summed E-state index contributed by atoms with van der Waals surface area (Å²) in [5, 5.41) is 5.04. The van der Waals surface area contributed by atoms with Crippen molar-refractivity contribution in [2.24, 2.45) is 0 Å². The number of sulfonamides is 1. The first-order chi connectivity index (χ1) is 13.4. The van der Waals surface area contributed by atoms with E-state index >= 15 is 0 Å². The lowest BCUT2D eigenvalue weighted by Crippen LogP contribution is -3.19. The van der Waals surface area contributed by atoms with Crippen molar-refractivity contribution in [1.29, 1.82) is 0 Å². The van der Waals surface area contributed by atoms with Gasteiger partial charge in [0.2, 0.25) is 10.0 Å². The van der Waals surface area contributed by atoms with Crippen LogP contribution in [0.1, 0.15) is 17.4 Å². The van der Waals surface area contributed by atoms with Gasteiger partial charge in [0.15, 0.2) is 6.04 Å². The van der Waals surface area contributed by atoms with Gasteiger partial charge in [0.05, 0.1) is 31.1 Å². The fourth-order valence-electron chi connectivity index (χ4n) is 3.41. The summed E-state index contributed by atoms with van der Waals surface area (Å²) in [4.78, 5) is 15.2. The molecule has 1 aliphatic rings. The predicted molar refractivity (Wildman–Crippen MR) is 111 cm³/mol. The largest absolute Gasteiger partial charge is 0.351 e. The van der Waals surface area contributed by atoms with Gasteiger partial charge in [-0.05, 0) is 43.8 Å². The van der Waals surface area contributed by atoms with Crippen LogP contribution in [-0.4, -0.2) is 57.4 Å². The van der Waals surface area contributed by atoms with Crippen molar-refractivity contribution >= 4 is 27.3 Å². The van der Waals surface area contributed by atoms with E-state index in [1.165, 1.54) is 9.18 Å². The number of piperazine rings is 1. The summed E-state index contributed by atoms with van der Waals surface area (Å²) in [5.41, 5.74) is 1.03. The van der Waals surface area contributed by atoms with Crippen LogP contribution in [0.3, 0.4) is 0 Å². The quantitative estimate of drug-likeness (QED) is 0.690. The van der Waals surface area contributed by atoms with Crippen molar-refractivity contribution in [3.63, 3.8) is 0 Å². The maximum absolute atomic E-state index is 12.8. The molecule has 6 nitrogen and oxygen atoms in total. The number of benzene rings is 1. The summed E-state index contributed by atoms with van der Waals surface area (Å²) in [6.45, 7) is 6.60. The summed E-state index contributed by atoms with van der Waals surface area (Å²) in [5.74, 6) is 0.0291. The van der Waals surface area contributed by atoms with Gasteiger partial charge in [0.25, 0.3) is 5.91 Å². The van der Waals surface area contributed by atoms with E-state index in [1.807, 2.05) is 37.4 Å². The van der Waals surface area contributed by atoms with Crippen LogP contribution in [0.5, 0.6) is 0 Å². The van der Waals surface area contributed by atoms with Gasteiger partial charge < -0.3 is 10.2 Å². The van der Waals surface area contributed by atoms with E-state index < -0.39 is 10.0 Å². The van der Waals surface area contributed by atoms with Crippen LogP contribution in [0.4, 0.5) is 0 Å². The average molecular weight is 423 g/mol. The molecule has 2 aromatic rings. The lowest BCUT2D eigenvalue weighted by molar-refractivity contribution is -0.917. The highest BCUT2D eigenvalue weighted by atomic mass is 32.2. The number of carbonyl (C=O) groups excluding carboxylic acids is 1. The number of amides is 1. The lowest BCUT2D eigenvalue weighted by atomic mass is 10.2. The van der Waals surface area contributed by atoms with Crippen molar-refractivity contribution in [2.75, 3.05) is 32.7 Å². The molecule has 1 atom stereocenters. The van der Waals surface area contributed by atoms with E-state index in [0.717, 1.165) is 16.9 Å². The van der Waals surface area contributed by atoms with Gasteiger partial charge in [-0.25, -0.2) is 8.42 Å². The Balaban J connectivity index is 1.49. The van der Waals surface area contributed by atoms with Gasteiger partial charge in [-0.2, -0.15) is 4.31 Å². The van der Waals surface area contributed by atoms with Gasteiger partial charge in [0, 0.05) is 11.4 Å². The van der Waals surface area contributed by atoms with E-state index in [1.54, 1.807) is 23.5 Å². The molecule has 2 N–H and O–H groups in total. The average Bonchev–Trinajstić information content (AvgIpc) is 3.21. The van der Waals surface area contributed by atoms with E-state index in [-0.39, 0.29) is 11.9 Å². The molecule has 0 radical (unpaired) electrons. The molecule has 2 heterocycles. The number of hydrogen-bond acceptors (Lipinski definition) is 4. The number of nitrogens with one attached hydrogen (secondary N) is 2. The fraction of sp³-hybridized carbons (Fsp3) is 0.450. The number of aryl methyl sites for hydroxylation is 1. The number of thiophene rings is 1. The first kappa shape index (κ1) is 21.0. The van der Waals surface area contributed by atoms with E-state index in [9.17, 15) is 13.2 Å². The Kier molecular flexibility index (Phi) is 6.87. The topological polar surface area (TPSA) is 70.9 Å². The molecule has 0 aliphatic carbocycles. The third kappa shape index (κ3) is 5.00. The summed E-state index contributed by atoms with van der Waals surface area (Å²) in [7, 11) is -3.47. The van der Waals surface area contributed by atoms with Gasteiger partial charge >= 0.3 is 0 Å². The van der Waals surface area contributed by atoms with Gasteiger partial charge in [-0.1, -0.05) is 23.8 Å². The molecule has 1 aromatic heterocycles. The third-order valence-electron chi connectivity index (χ3n) is 5.28.